The molecule has 0 aromatic heterocycles. The zero-order valence-electron chi connectivity index (χ0n) is 20.7. The highest BCUT2D eigenvalue weighted by atomic mass is 32.2. The fourth-order valence-electron chi connectivity index (χ4n) is 3.72. The average Bonchev–Trinajstić information content (AvgIpc) is 3.47. The summed E-state index contributed by atoms with van der Waals surface area (Å²) in [5.74, 6) is 0.491. The summed E-state index contributed by atoms with van der Waals surface area (Å²) in [6.45, 7) is 0.584. The van der Waals surface area contributed by atoms with Crippen LogP contribution in [0.3, 0.4) is 0 Å². The number of benzene rings is 3. The number of carbonyl (C=O) groups excluding carboxylic acids is 2. The number of anilines is 3. The lowest BCUT2D eigenvalue weighted by Gasteiger charge is -2.19. The van der Waals surface area contributed by atoms with E-state index in [0.29, 0.717) is 22.2 Å². The molecule has 0 saturated carbocycles. The number of hydrogen-bond acceptors (Lipinski definition) is 7. The van der Waals surface area contributed by atoms with Gasteiger partial charge in [-0.15, -0.1) is 4.91 Å². The van der Waals surface area contributed by atoms with Crippen LogP contribution in [-0.2, 0) is 19.6 Å². The van der Waals surface area contributed by atoms with Gasteiger partial charge in [0, 0.05) is 18.3 Å². The Morgan fingerprint density at radius 2 is 1.69 bits per heavy atom. The zero-order valence-corrected chi connectivity index (χ0v) is 22.4. The maximum Gasteiger partial charge on any atom is 0.270 e. The Balaban J connectivity index is 1.44. The van der Waals surface area contributed by atoms with E-state index in [1.54, 1.807) is 6.08 Å². The number of hydrogen-bond donors (Lipinski definition) is 3. The van der Waals surface area contributed by atoms with Crippen LogP contribution in [0, 0.1) is 4.91 Å². The molecule has 39 heavy (non-hydrogen) atoms. The van der Waals surface area contributed by atoms with Gasteiger partial charge in [0.15, 0.2) is 0 Å². The lowest BCUT2D eigenvalue weighted by atomic mass is 10.2. The van der Waals surface area contributed by atoms with E-state index in [1.807, 2.05) is 42.5 Å². The van der Waals surface area contributed by atoms with Crippen molar-refractivity contribution in [2.24, 2.45) is 5.18 Å². The van der Waals surface area contributed by atoms with Crippen molar-refractivity contribution in [3.05, 3.63) is 112 Å². The minimum Gasteiger partial charge on any atom is -0.382 e. The minimum absolute atomic E-state index is 0.0608. The lowest BCUT2D eigenvalue weighted by Crippen LogP contribution is -2.29. The lowest BCUT2D eigenvalue weighted by molar-refractivity contribution is -0.112. The largest absolute Gasteiger partial charge is 0.382 e. The highest BCUT2D eigenvalue weighted by molar-refractivity contribution is 8.22. The van der Waals surface area contributed by atoms with E-state index >= 15 is 0 Å². The first kappa shape index (κ1) is 27.6. The summed E-state index contributed by atoms with van der Waals surface area (Å²) < 4.78 is 27.1. The molecule has 2 N–H and O–H groups in total. The summed E-state index contributed by atoms with van der Waals surface area (Å²) in [6.07, 6.45) is 7.22. The molecular weight excluding hydrogens is 536 g/mol. The molecule has 0 bridgehead atoms. The number of nitrogens with zero attached hydrogens (tertiary/aromatic N) is 2. The number of allylic oxidation sites excluding steroid dienone is 2. The first-order valence-electron chi connectivity index (χ1n) is 11.9. The van der Waals surface area contributed by atoms with Crippen molar-refractivity contribution in [2.75, 3.05) is 27.2 Å². The molecule has 2 amide bonds. The number of thiol groups is 1. The first-order chi connectivity index (χ1) is 18.9. The Morgan fingerprint density at radius 3 is 2.36 bits per heavy atom. The molecule has 0 spiro atoms. The summed E-state index contributed by atoms with van der Waals surface area (Å²) in [7, 11) is -4.67. The van der Waals surface area contributed by atoms with Crippen molar-refractivity contribution in [1.82, 2.24) is 0 Å². The van der Waals surface area contributed by atoms with Gasteiger partial charge in [-0.05, 0) is 75.8 Å². The Kier molecular flexibility index (Phi) is 9.08. The van der Waals surface area contributed by atoms with E-state index in [2.05, 4.69) is 26.6 Å². The topological polar surface area (TPSA) is 125 Å². The molecule has 1 aliphatic rings. The van der Waals surface area contributed by atoms with Crippen molar-refractivity contribution in [3.63, 3.8) is 0 Å². The molecule has 0 aliphatic carbocycles. The van der Waals surface area contributed by atoms with Crippen LogP contribution < -0.4 is 14.9 Å². The second kappa shape index (κ2) is 12.9. The number of sulfonamides is 1. The number of amides is 2. The number of rotatable bonds is 12. The van der Waals surface area contributed by atoms with Gasteiger partial charge in [-0.1, -0.05) is 42.5 Å². The Morgan fingerprint density at radius 1 is 0.974 bits per heavy atom. The van der Waals surface area contributed by atoms with Gasteiger partial charge < -0.3 is 10.6 Å². The molecule has 0 unspecified atom stereocenters. The van der Waals surface area contributed by atoms with Gasteiger partial charge in [0.1, 0.15) is 5.69 Å². The summed E-state index contributed by atoms with van der Waals surface area (Å²) in [5, 5.41) is 13.0. The van der Waals surface area contributed by atoms with Gasteiger partial charge in [-0.3, -0.25) is 9.59 Å². The first-order valence-corrected chi connectivity index (χ1v) is 15.0. The van der Waals surface area contributed by atoms with E-state index in [9.17, 15) is 22.9 Å². The second-order valence-corrected chi connectivity index (χ2v) is 12.2. The van der Waals surface area contributed by atoms with Crippen LogP contribution in [-0.4, -0.2) is 33.0 Å². The molecule has 9 nitrogen and oxygen atoms in total. The van der Waals surface area contributed by atoms with E-state index in [-0.39, 0.29) is 39.5 Å². The summed E-state index contributed by atoms with van der Waals surface area (Å²) in [4.78, 5) is 35.3. The van der Waals surface area contributed by atoms with E-state index in [4.69, 9.17) is 0 Å². The smallest absolute Gasteiger partial charge is 0.270 e. The van der Waals surface area contributed by atoms with Crippen molar-refractivity contribution >= 4 is 62.1 Å². The fourth-order valence-corrected chi connectivity index (χ4v) is 6.37. The second-order valence-electron chi connectivity index (χ2n) is 8.30. The fraction of sp³-hybridized carbons (Fsp3) is 0.0714. The van der Waals surface area contributed by atoms with Gasteiger partial charge in [0.2, 0.25) is 12.3 Å². The van der Waals surface area contributed by atoms with Gasteiger partial charge in [-0.2, -0.15) is 0 Å². The standard InChI is InChI=1S/C28H26N4O5S2/c33-21-32(24-11-9-23(10-12-24)30-28(34)15-8-22-6-2-1-3-7-22)39(36,37)25-13-14-26(27(20-25)31-35)29-16-19-38-17-4-5-18-38/h1-15,17-18,20-21,29,38H,16,19H2,(H,30,34). The molecule has 3 aromatic rings. The van der Waals surface area contributed by atoms with Gasteiger partial charge in [-0.25, -0.2) is 23.6 Å². The molecule has 3 aromatic carbocycles. The molecule has 0 radical (unpaired) electrons. The van der Waals surface area contributed by atoms with Gasteiger partial charge >= 0.3 is 0 Å². The summed E-state index contributed by atoms with van der Waals surface area (Å²) in [5.41, 5.74) is 1.67. The van der Waals surface area contributed by atoms with Crippen LogP contribution in [0.25, 0.3) is 6.08 Å². The van der Waals surface area contributed by atoms with E-state index < -0.39 is 10.0 Å². The van der Waals surface area contributed by atoms with Crippen molar-refractivity contribution in [2.45, 2.75) is 4.90 Å². The third kappa shape index (κ3) is 7.09. The third-order valence-corrected chi connectivity index (χ3v) is 9.20. The molecule has 1 heterocycles. The molecule has 11 heteroatoms. The molecular formula is C28H26N4O5S2. The average molecular weight is 563 g/mol. The highest BCUT2D eigenvalue weighted by Crippen LogP contribution is 2.34. The van der Waals surface area contributed by atoms with Crippen molar-refractivity contribution < 1.29 is 18.0 Å². The predicted molar refractivity (Wildman–Crippen MR) is 159 cm³/mol. The molecule has 0 saturated heterocycles. The van der Waals surface area contributed by atoms with Gasteiger partial charge in [0.05, 0.1) is 16.3 Å². The quantitative estimate of drug-likeness (QED) is 0.115. The highest BCUT2D eigenvalue weighted by Gasteiger charge is 2.26. The molecule has 4 rings (SSSR count). The Labute approximate surface area is 229 Å². The molecule has 1 aliphatic heterocycles. The SMILES string of the molecule is O=CN(c1ccc(NC(=O)C=Cc2ccccc2)cc1)S(=O)(=O)c1ccc(NCC[SH]2C=CC=C2)c(N=O)c1. The summed E-state index contributed by atoms with van der Waals surface area (Å²) in [6, 6.07) is 19.0. The number of nitrogens with one attached hydrogen (secondary N) is 2. The van der Waals surface area contributed by atoms with Crippen LogP contribution in [0.15, 0.2) is 112 Å². The van der Waals surface area contributed by atoms with Crippen LogP contribution in [0.5, 0.6) is 0 Å². The van der Waals surface area contributed by atoms with Crippen LogP contribution in [0.2, 0.25) is 0 Å². The molecule has 0 fully saturated rings. The van der Waals surface area contributed by atoms with Crippen LogP contribution >= 0.6 is 10.9 Å². The molecule has 0 atom stereocenters. The number of nitroso groups, excluding NO2 is 1. The zero-order chi connectivity index (χ0) is 27.7. The van der Waals surface area contributed by atoms with Crippen molar-refractivity contribution in [1.29, 1.82) is 0 Å². The Hall–Kier alpha value is -4.48. The monoisotopic (exact) mass is 562 g/mol. The van der Waals surface area contributed by atoms with Gasteiger partial charge in [0.25, 0.3) is 10.0 Å². The van der Waals surface area contributed by atoms with Crippen molar-refractivity contribution in [3.8, 4) is 0 Å². The summed E-state index contributed by atoms with van der Waals surface area (Å²) >= 11 is 0. The third-order valence-electron chi connectivity index (χ3n) is 5.69. The maximum absolute atomic E-state index is 13.3. The van der Waals surface area contributed by atoms with Crippen LogP contribution in [0.4, 0.5) is 22.7 Å². The normalized spacial score (nSPS) is 13.4. The molecule has 200 valence electrons. The number of carbonyl (C=O) groups is 2. The maximum atomic E-state index is 13.3. The van der Waals surface area contributed by atoms with E-state index in [0.717, 1.165) is 17.4 Å². The van der Waals surface area contributed by atoms with Crippen LogP contribution in [0.1, 0.15) is 5.56 Å². The minimum atomic E-state index is -4.34. The predicted octanol–water partition coefficient (Wildman–Crippen LogP) is 5.54. The Bertz CT molecular complexity index is 1520. The van der Waals surface area contributed by atoms with E-state index in [1.165, 1.54) is 42.5 Å².